The van der Waals surface area contributed by atoms with Crippen LogP contribution < -0.4 is 16.0 Å². The number of aromatic nitrogens is 6. The zero-order chi connectivity index (χ0) is 23.3. The molecule has 11 nitrogen and oxygen atoms in total. The fourth-order valence-electron chi connectivity index (χ4n) is 3.39. The third kappa shape index (κ3) is 5.13. The third-order valence-electron chi connectivity index (χ3n) is 5.03. The van der Waals surface area contributed by atoms with E-state index in [4.69, 9.17) is 0 Å². The Labute approximate surface area is 199 Å². The van der Waals surface area contributed by atoms with Gasteiger partial charge in [-0.3, -0.25) is 10.1 Å². The Hall–Kier alpha value is -4.03. The Kier molecular flexibility index (Phi) is 6.31. The fraction of sp³-hybridized carbons (Fsp3) is 0.227. The number of anilines is 4. The van der Waals surface area contributed by atoms with Crippen LogP contribution in [0.5, 0.6) is 0 Å². The Bertz CT molecular complexity index is 1300. The van der Waals surface area contributed by atoms with Crippen LogP contribution in [0.3, 0.4) is 0 Å². The summed E-state index contributed by atoms with van der Waals surface area (Å²) in [5, 5.41) is 11.8. The summed E-state index contributed by atoms with van der Waals surface area (Å²) >= 11 is 1.33. The number of thiazole rings is 1. The number of nitrogens with zero attached hydrogens (tertiary/aromatic N) is 7. The molecular weight excluding hydrogens is 452 g/mol. The Morgan fingerprint density at radius 3 is 2.59 bits per heavy atom. The molecule has 1 fully saturated rings. The van der Waals surface area contributed by atoms with Crippen LogP contribution in [0.25, 0.3) is 11.5 Å². The highest BCUT2D eigenvalue weighted by atomic mass is 32.1. The number of amides is 1. The summed E-state index contributed by atoms with van der Waals surface area (Å²) < 4.78 is 0. The fourth-order valence-corrected chi connectivity index (χ4v) is 4.07. The number of carbonyl (C=O) groups is 1. The van der Waals surface area contributed by atoms with Crippen LogP contribution in [0.15, 0.2) is 48.1 Å². The van der Waals surface area contributed by atoms with Gasteiger partial charge in [-0.25, -0.2) is 24.9 Å². The normalized spacial score (nSPS) is 13.5. The van der Waals surface area contributed by atoms with Gasteiger partial charge in [-0.05, 0) is 31.2 Å². The monoisotopic (exact) mass is 474 g/mol. The maximum absolute atomic E-state index is 12.6. The highest BCUT2D eigenvalue weighted by Gasteiger charge is 2.20. The molecule has 5 heterocycles. The molecule has 0 bridgehead atoms. The van der Waals surface area contributed by atoms with Gasteiger partial charge in [0.25, 0.3) is 5.91 Å². The molecule has 1 aliphatic heterocycles. The molecule has 0 radical (unpaired) electrons. The first kappa shape index (κ1) is 21.8. The number of piperazine rings is 1. The minimum atomic E-state index is -0.0650. The van der Waals surface area contributed by atoms with Crippen molar-refractivity contribution in [1.29, 1.82) is 0 Å². The topological polar surface area (TPSA) is 134 Å². The second kappa shape index (κ2) is 9.85. The van der Waals surface area contributed by atoms with Crippen LogP contribution in [0.2, 0.25) is 0 Å². The number of aryl methyl sites for hydroxylation is 1. The van der Waals surface area contributed by atoms with Gasteiger partial charge in [0.05, 0.1) is 0 Å². The molecule has 0 atom stereocenters. The summed E-state index contributed by atoms with van der Waals surface area (Å²) in [5.74, 6) is 1.94. The molecule has 4 aromatic rings. The van der Waals surface area contributed by atoms with E-state index >= 15 is 0 Å². The van der Waals surface area contributed by atoms with E-state index in [2.05, 4.69) is 45.9 Å². The Balaban J connectivity index is 1.27. The van der Waals surface area contributed by atoms with Crippen LogP contribution in [0.4, 0.5) is 22.7 Å². The molecule has 12 heteroatoms. The summed E-state index contributed by atoms with van der Waals surface area (Å²) in [6.45, 7) is 4.88. The van der Waals surface area contributed by atoms with Crippen LogP contribution in [0.1, 0.15) is 16.2 Å². The predicted octanol–water partition coefficient (Wildman–Crippen LogP) is 2.63. The predicted molar refractivity (Wildman–Crippen MR) is 129 cm³/mol. The first-order valence-electron chi connectivity index (χ1n) is 10.7. The van der Waals surface area contributed by atoms with Crippen molar-refractivity contribution in [3.63, 3.8) is 0 Å². The number of pyridine rings is 1. The van der Waals surface area contributed by atoms with Gasteiger partial charge < -0.3 is 15.5 Å². The lowest BCUT2D eigenvalue weighted by molar-refractivity contribution is 0.0731. The van der Waals surface area contributed by atoms with E-state index in [0.29, 0.717) is 53.0 Å². The van der Waals surface area contributed by atoms with Crippen LogP contribution in [-0.2, 0) is 0 Å². The molecule has 172 valence electrons. The molecule has 5 rings (SSSR count). The summed E-state index contributed by atoms with van der Waals surface area (Å²) in [6.07, 6.45) is 3.30. The van der Waals surface area contributed by atoms with Gasteiger partial charge in [0.2, 0.25) is 5.95 Å². The molecule has 0 saturated carbocycles. The lowest BCUT2D eigenvalue weighted by Crippen LogP contribution is -2.46. The SMILES string of the molecule is Cc1cccc(-c2nccc(Nc3ccnc(Nc4nc(C(=O)N5CCNCC5)cs4)n3)n2)n1. The molecule has 0 spiro atoms. The number of nitrogens with one attached hydrogen (secondary N) is 3. The van der Waals surface area contributed by atoms with Gasteiger partial charge >= 0.3 is 0 Å². The van der Waals surface area contributed by atoms with Crippen molar-refractivity contribution in [3.05, 3.63) is 59.5 Å². The van der Waals surface area contributed by atoms with E-state index in [1.165, 1.54) is 11.3 Å². The molecule has 1 amide bonds. The smallest absolute Gasteiger partial charge is 0.273 e. The van der Waals surface area contributed by atoms with Gasteiger partial charge in [0.15, 0.2) is 11.0 Å². The van der Waals surface area contributed by atoms with Crippen molar-refractivity contribution in [2.45, 2.75) is 6.92 Å². The molecule has 1 aliphatic rings. The van der Waals surface area contributed by atoms with Crippen molar-refractivity contribution in [2.24, 2.45) is 0 Å². The summed E-state index contributed by atoms with van der Waals surface area (Å²) in [4.78, 5) is 40.9. The van der Waals surface area contributed by atoms with E-state index < -0.39 is 0 Å². The minimum absolute atomic E-state index is 0.0650. The van der Waals surface area contributed by atoms with E-state index in [1.54, 1.807) is 34.8 Å². The molecule has 34 heavy (non-hydrogen) atoms. The van der Waals surface area contributed by atoms with E-state index in [1.807, 2.05) is 25.1 Å². The largest absolute Gasteiger partial charge is 0.335 e. The molecule has 0 unspecified atom stereocenters. The molecule has 4 aromatic heterocycles. The van der Waals surface area contributed by atoms with Crippen LogP contribution in [-0.4, -0.2) is 66.9 Å². The Morgan fingerprint density at radius 1 is 0.971 bits per heavy atom. The maximum atomic E-state index is 12.6. The first-order chi connectivity index (χ1) is 16.6. The second-order valence-corrected chi connectivity index (χ2v) is 8.38. The Morgan fingerprint density at radius 2 is 1.76 bits per heavy atom. The summed E-state index contributed by atoms with van der Waals surface area (Å²) in [6, 6.07) is 9.20. The van der Waals surface area contributed by atoms with E-state index in [0.717, 1.165) is 18.8 Å². The van der Waals surface area contributed by atoms with Crippen molar-refractivity contribution < 1.29 is 4.79 Å². The van der Waals surface area contributed by atoms with E-state index in [9.17, 15) is 4.79 Å². The van der Waals surface area contributed by atoms with Gasteiger partial charge in [0.1, 0.15) is 23.0 Å². The van der Waals surface area contributed by atoms with Crippen LogP contribution in [0, 0.1) is 6.92 Å². The number of hydrogen-bond donors (Lipinski definition) is 3. The zero-order valence-electron chi connectivity index (χ0n) is 18.4. The lowest BCUT2D eigenvalue weighted by Gasteiger charge is -2.26. The highest BCUT2D eigenvalue weighted by molar-refractivity contribution is 7.14. The van der Waals surface area contributed by atoms with E-state index in [-0.39, 0.29) is 5.91 Å². The average molecular weight is 475 g/mol. The third-order valence-corrected chi connectivity index (χ3v) is 5.79. The van der Waals surface area contributed by atoms with Gasteiger partial charge in [-0.2, -0.15) is 4.98 Å². The second-order valence-electron chi connectivity index (χ2n) is 7.53. The summed E-state index contributed by atoms with van der Waals surface area (Å²) in [5.41, 5.74) is 2.01. The minimum Gasteiger partial charge on any atom is -0.335 e. The molecule has 1 saturated heterocycles. The van der Waals surface area contributed by atoms with Crippen molar-refractivity contribution in [2.75, 3.05) is 36.8 Å². The molecule has 0 aromatic carbocycles. The lowest BCUT2D eigenvalue weighted by atomic mass is 10.3. The van der Waals surface area contributed by atoms with Crippen molar-refractivity contribution >= 4 is 40.0 Å². The van der Waals surface area contributed by atoms with Gasteiger partial charge in [0, 0.05) is 49.6 Å². The van der Waals surface area contributed by atoms with Crippen LogP contribution >= 0.6 is 11.3 Å². The summed E-state index contributed by atoms with van der Waals surface area (Å²) in [7, 11) is 0. The van der Waals surface area contributed by atoms with Crippen molar-refractivity contribution in [1.82, 2.24) is 40.1 Å². The maximum Gasteiger partial charge on any atom is 0.273 e. The molecule has 3 N–H and O–H groups in total. The van der Waals surface area contributed by atoms with Gasteiger partial charge in [-0.1, -0.05) is 6.07 Å². The zero-order valence-corrected chi connectivity index (χ0v) is 19.2. The van der Waals surface area contributed by atoms with Gasteiger partial charge in [-0.15, -0.1) is 11.3 Å². The molecular formula is C22H22N10OS. The standard InChI is InChI=1S/C22H22N10OS/c1-14-3-2-4-15(26-14)19-24-7-5-17(29-19)28-18-6-8-25-21(30-18)31-22-27-16(13-34-22)20(33)32-11-9-23-10-12-32/h2-8,13,23H,9-12H2,1H3,(H2,24,25,27,28,29,30,31). The van der Waals surface area contributed by atoms with Crippen molar-refractivity contribution in [3.8, 4) is 11.5 Å². The molecule has 0 aliphatic carbocycles. The average Bonchev–Trinajstić information content (AvgIpc) is 3.33. The highest BCUT2D eigenvalue weighted by Crippen LogP contribution is 2.22. The number of rotatable bonds is 6. The number of carbonyl (C=O) groups excluding carboxylic acids is 1. The number of hydrogen-bond acceptors (Lipinski definition) is 11. The first-order valence-corrected chi connectivity index (χ1v) is 11.6. The quantitative estimate of drug-likeness (QED) is 0.383.